The zero-order valence-corrected chi connectivity index (χ0v) is 36.2. The van der Waals surface area contributed by atoms with Gasteiger partial charge in [0.1, 0.15) is 54.9 Å². The Morgan fingerprint density at radius 1 is 0.762 bits per heavy atom. The van der Waals surface area contributed by atoms with Crippen molar-refractivity contribution in [2.24, 2.45) is 0 Å². The Hall–Kier alpha value is -7.23. The lowest BCUT2D eigenvalue weighted by molar-refractivity contribution is -0.167. The molecule has 1 aliphatic carbocycles. The average molecular weight is 868 g/mol. The summed E-state index contributed by atoms with van der Waals surface area (Å²) in [6, 6.07) is 20.4. The van der Waals surface area contributed by atoms with Gasteiger partial charge in [0, 0.05) is 80.1 Å². The molecule has 63 heavy (non-hydrogen) atoms. The summed E-state index contributed by atoms with van der Waals surface area (Å²) in [6.45, 7) is 6.37. The lowest BCUT2D eigenvalue weighted by atomic mass is 9.92. The van der Waals surface area contributed by atoms with E-state index in [1.54, 1.807) is 29.2 Å². The summed E-state index contributed by atoms with van der Waals surface area (Å²) in [7, 11) is 6.48. The number of ether oxygens (including phenoxy) is 8. The SMILES string of the molecule is C=[N+]=c1ccc2c(-c3cc4c(cc3OCC(=O)OCOC(C)=O)N(CC(=O)OC)CCOCCN(CC(=O)OC)c3ccc(C)cc3OCCO4)c3ccc(N(C)C)cc3oc-2c1. The summed E-state index contributed by atoms with van der Waals surface area (Å²) < 4.78 is 56.0. The largest absolute Gasteiger partial charge is 0.488 e. The maximum atomic E-state index is 13.0. The summed E-state index contributed by atoms with van der Waals surface area (Å²) in [5.74, 6) is -0.817. The molecule has 332 valence electrons. The normalized spacial score (nSPS) is 13.2. The van der Waals surface area contributed by atoms with E-state index >= 15 is 0 Å². The number of hydrogen-bond donors (Lipinski definition) is 0. The third kappa shape index (κ3) is 11.4. The van der Waals surface area contributed by atoms with Crippen LogP contribution in [0.5, 0.6) is 17.2 Å². The van der Waals surface area contributed by atoms with E-state index < -0.39 is 37.3 Å². The Morgan fingerprint density at radius 3 is 2.10 bits per heavy atom. The number of hydrogen-bond acceptors (Lipinski definition) is 16. The molecule has 3 aromatic rings. The molecular weight excluding hydrogens is 817 g/mol. The number of benzene rings is 4. The smallest absolute Gasteiger partial charge is 0.347 e. The van der Waals surface area contributed by atoms with Crippen molar-refractivity contribution >= 4 is 58.6 Å². The number of fused-ring (bicyclic) bond motifs is 4. The molecule has 3 aromatic carbocycles. The van der Waals surface area contributed by atoms with Crippen LogP contribution in [0.1, 0.15) is 12.5 Å². The zero-order valence-electron chi connectivity index (χ0n) is 36.2. The van der Waals surface area contributed by atoms with Gasteiger partial charge in [0.05, 0.1) is 44.9 Å². The first-order chi connectivity index (χ1) is 30.4. The highest BCUT2D eigenvalue weighted by molar-refractivity contribution is 6.04. The fourth-order valence-electron chi connectivity index (χ4n) is 6.88. The van der Waals surface area contributed by atoms with E-state index in [0.717, 1.165) is 11.3 Å². The van der Waals surface area contributed by atoms with Gasteiger partial charge in [-0.05, 0) is 48.9 Å². The van der Waals surface area contributed by atoms with Gasteiger partial charge in [0.2, 0.25) is 6.79 Å². The summed E-state index contributed by atoms with van der Waals surface area (Å²) in [6.07, 6.45) is 0. The Bertz CT molecular complexity index is 2530. The molecule has 0 radical (unpaired) electrons. The first-order valence-electron chi connectivity index (χ1n) is 20.0. The van der Waals surface area contributed by atoms with E-state index in [2.05, 4.69) is 11.4 Å². The Kier molecular flexibility index (Phi) is 15.1. The summed E-state index contributed by atoms with van der Waals surface area (Å²) in [4.78, 5) is 55.4. The summed E-state index contributed by atoms with van der Waals surface area (Å²) >= 11 is 0. The van der Waals surface area contributed by atoms with Crippen molar-refractivity contribution < 1.29 is 61.5 Å². The summed E-state index contributed by atoms with van der Waals surface area (Å²) in [5, 5.41) is 1.29. The number of carbonyl (C=O) groups is 4. The van der Waals surface area contributed by atoms with Crippen molar-refractivity contribution in [1.29, 1.82) is 0 Å². The number of aryl methyl sites for hydroxylation is 1. The number of carbonyl (C=O) groups excluding carboxylic acids is 4. The molecule has 17 heteroatoms. The second-order valence-electron chi connectivity index (χ2n) is 14.5. The van der Waals surface area contributed by atoms with Crippen LogP contribution in [-0.4, -0.2) is 125 Å². The topological polar surface area (TPSA) is 179 Å². The van der Waals surface area contributed by atoms with Crippen molar-refractivity contribution in [1.82, 2.24) is 4.67 Å². The molecule has 0 unspecified atom stereocenters. The Labute approximate surface area is 364 Å². The monoisotopic (exact) mass is 867 g/mol. The molecule has 2 aliphatic heterocycles. The first kappa shape index (κ1) is 45.3. The maximum absolute atomic E-state index is 13.0. The van der Waals surface area contributed by atoms with E-state index in [1.807, 2.05) is 73.3 Å². The second kappa shape index (κ2) is 21.0. The van der Waals surface area contributed by atoms with Crippen molar-refractivity contribution in [3.05, 3.63) is 77.7 Å². The molecule has 17 nitrogen and oxygen atoms in total. The van der Waals surface area contributed by atoms with Gasteiger partial charge in [-0.15, -0.1) is 4.67 Å². The molecule has 3 aliphatic rings. The van der Waals surface area contributed by atoms with Gasteiger partial charge in [0.15, 0.2) is 6.61 Å². The van der Waals surface area contributed by atoms with Crippen LogP contribution in [0.4, 0.5) is 17.1 Å². The van der Waals surface area contributed by atoms with Gasteiger partial charge >= 0.3 is 29.2 Å². The summed E-state index contributed by atoms with van der Waals surface area (Å²) in [5.41, 5.74) is 5.31. The minimum Gasteiger partial charge on any atom is -0.488 e. The van der Waals surface area contributed by atoms with Gasteiger partial charge in [-0.1, -0.05) is 6.07 Å². The molecule has 0 saturated heterocycles. The molecule has 0 bridgehead atoms. The molecule has 0 atom stereocenters. The molecule has 0 saturated carbocycles. The van der Waals surface area contributed by atoms with Crippen LogP contribution in [0.2, 0.25) is 0 Å². The molecule has 0 aromatic heterocycles. The molecule has 0 fully saturated rings. The number of esters is 4. The fourth-order valence-corrected chi connectivity index (χ4v) is 6.88. The molecule has 2 heterocycles. The number of methoxy groups -OCH3 is 2. The molecular formula is C46H51N4O13+. The predicted molar refractivity (Wildman–Crippen MR) is 235 cm³/mol. The lowest BCUT2D eigenvalue weighted by Gasteiger charge is -2.28. The Morgan fingerprint density at radius 2 is 1.44 bits per heavy atom. The maximum Gasteiger partial charge on any atom is 0.347 e. The molecule has 0 spiro atoms. The standard InChI is InChI=1S/C46H51N4O13/c1-29-8-13-36-41(20-29)58-18-19-59-42-23-35(46-33-11-9-31(47-3)21-39(33)63-40-22-32(48(4)5)10-12-34(40)46)38(60-27-45(54)62-28-61-30(2)51)24-37(42)50(26-44(53)56-7)15-17-57-16-14-49(36)25-43(52)55-6/h8-13,20-24H,3,14-19,25-28H2,1-2,4-7H3/q+1. The van der Waals surface area contributed by atoms with Crippen LogP contribution >= 0.6 is 0 Å². The number of anilines is 3. The molecule has 0 amide bonds. The van der Waals surface area contributed by atoms with E-state index in [-0.39, 0.29) is 51.8 Å². The van der Waals surface area contributed by atoms with Crippen LogP contribution in [0.25, 0.3) is 33.4 Å². The van der Waals surface area contributed by atoms with Crippen LogP contribution in [0.15, 0.2) is 71.1 Å². The lowest BCUT2D eigenvalue weighted by Crippen LogP contribution is -2.36. The van der Waals surface area contributed by atoms with Gasteiger partial charge in [0.25, 0.3) is 6.72 Å². The quantitative estimate of drug-likeness (QED) is 0.0462. The van der Waals surface area contributed by atoms with E-state index in [0.29, 0.717) is 68.2 Å². The van der Waals surface area contributed by atoms with E-state index in [4.69, 9.17) is 42.3 Å². The third-order valence-electron chi connectivity index (χ3n) is 10.0. The van der Waals surface area contributed by atoms with Crippen molar-refractivity contribution in [3.8, 4) is 39.7 Å². The highest BCUT2D eigenvalue weighted by atomic mass is 16.7. The number of rotatable bonds is 11. The predicted octanol–water partition coefficient (Wildman–Crippen LogP) is 4.14. The van der Waals surface area contributed by atoms with Crippen molar-refractivity contribution in [3.63, 3.8) is 0 Å². The van der Waals surface area contributed by atoms with E-state index in [1.165, 1.54) is 21.1 Å². The van der Waals surface area contributed by atoms with Gasteiger partial charge in [-0.3, -0.25) is 14.4 Å². The van der Waals surface area contributed by atoms with Crippen molar-refractivity contribution in [2.45, 2.75) is 13.8 Å². The second-order valence-corrected chi connectivity index (χ2v) is 14.5. The van der Waals surface area contributed by atoms with Crippen LogP contribution < -0.4 is 38.9 Å². The van der Waals surface area contributed by atoms with Gasteiger partial charge in [-0.2, -0.15) is 0 Å². The zero-order chi connectivity index (χ0) is 45.0. The highest BCUT2D eigenvalue weighted by Gasteiger charge is 2.27. The highest BCUT2D eigenvalue weighted by Crippen LogP contribution is 2.48. The fraction of sp³-hybridized carbons (Fsp3) is 0.348. The van der Waals surface area contributed by atoms with Gasteiger partial charge < -0.3 is 57.0 Å². The van der Waals surface area contributed by atoms with Crippen LogP contribution in [-0.2, 0) is 42.9 Å². The minimum absolute atomic E-state index is 0.0360. The van der Waals surface area contributed by atoms with E-state index in [9.17, 15) is 19.2 Å². The van der Waals surface area contributed by atoms with Crippen LogP contribution in [0, 0.1) is 6.92 Å². The molecule has 0 N–H and O–H groups in total. The number of nitrogens with zero attached hydrogens (tertiary/aromatic N) is 4. The molecule has 6 rings (SSSR count). The van der Waals surface area contributed by atoms with Crippen molar-refractivity contribution in [2.75, 3.05) is 109 Å². The van der Waals surface area contributed by atoms with Crippen LogP contribution in [0.3, 0.4) is 0 Å². The van der Waals surface area contributed by atoms with Gasteiger partial charge in [-0.25, -0.2) is 4.79 Å². The minimum atomic E-state index is -0.807. The Balaban J connectivity index is 1.53. The third-order valence-corrected chi connectivity index (χ3v) is 10.0. The average Bonchev–Trinajstić information content (AvgIpc) is 3.27. The first-order valence-corrected chi connectivity index (χ1v) is 20.0.